The van der Waals surface area contributed by atoms with Crippen LogP contribution < -0.4 is 0 Å². The number of nitrogens with one attached hydrogen (secondary N) is 1. The largest absolute Gasteiger partial charge is 0.355 e. The second-order valence-corrected chi connectivity index (χ2v) is 7.02. The quantitative estimate of drug-likeness (QED) is 0.618. The van der Waals surface area contributed by atoms with E-state index in [0.29, 0.717) is 11.3 Å². The number of hydrogen-bond acceptors (Lipinski definition) is 4. The van der Waals surface area contributed by atoms with E-state index in [-0.39, 0.29) is 16.8 Å². The molecule has 0 fully saturated rings. The van der Waals surface area contributed by atoms with Gasteiger partial charge in [0.25, 0.3) is 0 Å². The summed E-state index contributed by atoms with van der Waals surface area (Å²) in [6.07, 6.45) is 4.71. The number of ketones is 2. The molecular formula is C17H23N3O2S. The van der Waals surface area contributed by atoms with Gasteiger partial charge in [-0.25, -0.2) is 4.98 Å². The first-order valence-corrected chi connectivity index (χ1v) is 8.66. The summed E-state index contributed by atoms with van der Waals surface area (Å²) in [6.45, 7) is 10.0. The van der Waals surface area contributed by atoms with Gasteiger partial charge in [0.15, 0.2) is 16.7 Å². The van der Waals surface area contributed by atoms with Crippen LogP contribution in [0.2, 0.25) is 0 Å². The van der Waals surface area contributed by atoms with E-state index in [0.717, 1.165) is 29.4 Å². The standard InChI is InChI=1S/C17H23N3O2S/c1-6-8-20-9-7-18-17(20)23-13(5)16(22)15-10(2)14(12(4)21)11(3)19-15/h7,9,13,19H,6,8H2,1-5H3/t13-/m1/s1. The fourth-order valence-corrected chi connectivity index (χ4v) is 3.71. The number of Topliss-reactive ketones (excluding diaryl/α,β-unsaturated/α-hetero) is 2. The Balaban J connectivity index is 2.22. The number of aryl methyl sites for hydroxylation is 2. The summed E-state index contributed by atoms with van der Waals surface area (Å²) in [5, 5.41) is 0.574. The molecule has 0 radical (unpaired) electrons. The molecule has 0 aliphatic rings. The van der Waals surface area contributed by atoms with Crippen LogP contribution in [0.1, 0.15) is 59.3 Å². The lowest BCUT2D eigenvalue weighted by Crippen LogP contribution is -2.16. The van der Waals surface area contributed by atoms with E-state index in [4.69, 9.17) is 0 Å². The third kappa shape index (κ3) is 3.58. The van der Waals surface area contributed by atoms with Crippen molar-refractivity contribution < 1.29 is 9.59 Å². The molecule has 2 heterocycles. The van der Waals surface area contributed by atoms with E-state index in [1.807, 2.05) is 27.0 Å². The Morgan fingerprint density at radius 2 is 2.09 bits per heavy atom. The van der Waals surface area contributed by atoms with Crippen LogP contribution in [0.15, 0.2) is 17.6 Å². The fourth-order valence-electron chi connectivity index (χ4n) is 2.76. The Kier molecular flexibility index (Phi) is 5.46. The van der Waals surface area contributed by atoms with Gasteiger partial charge in [-0.1, -0.05) is 18.7 Å². The minimum atomic E-state index is -0.274. The van der Waals surface area contributed by atoms with Gasteiger partial charge in [0, 0.05) is 30.2 Å². The van der Waals surface area contributed by atoms with Crippen LogP contribution in [0.4, 0.5) is 0 Å². The molecule has 5 nitrogen and oxygen atoms in total. The van der Waals surface area contributed by atoms with Gasteiger partial charge in [-0.05, 0) is 39.7 Å². The van der Waals surface area contributed by atoms with Gasteiger partial charge in [-0.2, -0.15) is 0 Å². The van der Waals surface area contributed by atoms with Crippen molar-refractivity contribution in [2.24, 2.45) is 0 Å². The molecule has 0 aromatic carbocycles. The van der Waals surface area contributed by atoms with E-state index < -0.39 is 0 Å². The van der Waals surface area contributed by atoms with Crippen molar-refractivity contribution in [1.29, 1.82) is 0 Å². The van der Waals surface area contributed by atoms with E-state index in [1.54, 1.807) is 6.20 Å². The topological polar surface area (TPSA) is 67.8 Å². The molecule has 1 N–H and O–H groups in total. The number of thioether (sulfide) groups is 1. The lowest BCUT2D eigenvalue weighted by atomic mass is 10.0. The van der Waals surface area contributed by atoms with E-state index in [9.17, 15) is 9.59 Å². The summed E-state index contributed by atoms with van der Waals surface area (Å²) in [6, 6.07) is 0. The van der Waals surface area contributed by atoms with E-state index in [2.05, 4.69) is 21.5 Å². The molecule has 0 aliphatic heterocycles. The fraction of sp³-hybridized carbons (Fsp3) is 0.471. The number of H-pyrrole nitrogens is 1. The average Bonchev–Trinajstić information content (AvgIpc) is 3.03. The number of nitrogens with zero attached hydrogens (tertiary/aromatic N) is 2. The molecule has 124 valence electrons. The Bertz CT molecular complexity index is 730. The number of carbonyl (C=O) groups is 2. The highest BCUT2D eigenvalue weighted by Gasteiger charge is 2.25. The molecule has 0 aliphatic carbocycles. The molecule has 6 heteroatoms. The zero-order valence-electron chi connectivity index (χ0n) is 14.3. The maximum absolute atomic E-state index is 12.7. The molecule has 0 saturated carbocycles. The van der Waals surface area contributed by atoms with Crippen LogP contribution in [0.3, 0.4) is 0 Å². The van der Waals surface area contributed by atoms with Crippen molar-refractivity contribution in [3.63, 3.8) is 0 Å². The smallest absolute Gasteiger partial charge is 0.192 e. The summed E-state index contributed by atoms with van der Waals surface area (Å²) in [5.41, 5.74) is 2.65. The molecule has 2 rings (SSSR count). The Hall–Kier alpha value is -1.82. The summed E-state index contributed by atoms with van der Waals surface area (Å²) >= 11 is 1.45. The Morgan fingerprint density at radius 1 is 1.39 bits per heavy atom. The van der Waals surface area contributed by atoms with Crippen molar-refractivity contribution in [2.45, 2.75) is 58.0 Å². The summed E-state index contributed by atoms with van der Waals surface area (Å²) in [5.74, 6) is -0.0248. The molecule has 1 atom stereocenters. The second kappa shape index (κ2) is 7.17. The lowest BCUT2D eigenvalue weighted by Gasteiger charge is -2.11. The normalized spacial score (nSPS) is 12.4. The first-order valence-electron chi connectivity index (χ1n) is 7.78. The average molecular weight is 333 g/mol. The lowest BCUT2D eigenvalue weighted by molar-refractivity contribution is 0.0988. The van der Waals surface area contributed by atoms with Crippen LogP contribution in [-0.4, -0.2) is 31.4 Å². The maximum atomic E-state index is 12.7. The van der Waals surface area contributed by atoms with Gasteiger partial charge in [0.05, 0.1) is 10.9 Å². The molecule has 2 aromatic rings. The summed E-state index contributed by atoms with van der Waals surface area (Å²) in [4.78, 5) is 31.9. The Morgan fingerprint density at radius 3 is 2.65 bits per heavy atom. The zero-order chi connectivity index (χ0) is 17.1. The first-order chi connectivity index (χ1) is 10.9. The van der Waals surface area contributed by atoms with Crippen molar-refractivity contribution in [3.8, 4) is 0 Å². The molecule has 0 bridgehead atoms. The number of carbonyl (C=O) groups excluding carboxylic acids is 2. The van der Waals surface area contributed by atoms with E-state index in [1.165, 1.54) is 18.7 Å². The van der Waals surface area contributed by atoms with Crippen molar-refractivity contribution in [2.75, 3.05) is 0 Å². The van der Waals surface area contributed by atoms with Gasteiger partial charge in [0.1, 0.15) is 0 Å². The maximum Gasteiger partial charge on any atom is 0.192 e. The molecule has 0 spiro atoms. The van der Waals surface area contributed by atoms with Crippen LogP contribution in [0.25, 0.3) is 0 Å². The van der Waals surface area contributed by atoms with Gasteiger partial charge in [-0.15, -0.1) is 0 Å². The van der Waals surface area contributed by atoms with Crippen LogP contribution in [0.5, 0.6) is 0 Å². The molecule has 23 heavy (non-hydrogen) atoms. The minimum absolute atomic E-state index is 0.00542. The SMILES string of the molecule is CCCn1ccnc1S[C@H](C)C(=O)c1[nH]c(C)c(C(C)=O)c1C. The number of aromatic amines is 1. The predicted octanol–water partition coefficient (Wildman–Crippen LogP) is 3.80. The number of imidazole rings is 1. The van der Waals surface area contributed by atoms with Gasteiger partial charge in [-0.3, -0.25) is 9.59 Å². The number of aromatic nitrogens is 3. The number of hydrogen-bond donors (Lipinski definition) is 1. The molecule has 0 unspecified atom stereocenters. The molecule has 0 amide bonds. The first kappa shape index (κ1) is 17.5. The van der Waals surface area contributed by atoms with E-state index >= 15 is 0 Å². The van der Waals surface area contributed by atoms with Crippen LogP contribution in [-0.2, 0) is 6.54 Å². The highest BCUT2D eigenvalue weighted by Crippen LogP contribution is 2.27. The zero-order valence-corrected chi connectivity index (χ0v) is 15.1. The number of rotatable bonds is 7. The third-order valence-corrected chi connectivity index (χ3v) is 4.95. The van der Waals surface area contributed by atoms with Crippen molar-refractivity contribution >= 4 is 23.3 Å². The van der Waals surface area contributed by atoms with Gasteiger partial charge < -0.3 is 9.55 Å². The molecular weight excluding hydrogens is 310 g/mol. The minimum Gasteiger partial charge on any atom is -0.355 e. The monoisotopic (exact) mass is 333 g/mol. The second-order valence-electron chi connectivity index (χ2n) is 5.71. The van der Waals surface area contributed by atoms with Gasteiger partial charge in [0.2, 0.25) is 0 Å². The molecule has 0 saturated heterocycles. The van der Waals surface area contributed by atoms with Crippen LogP contribution in [0, 0.1) is 13.8 Å². The third-order valence-electron chi connectivity index (χ3n) is 3.83. The van der Waals surface area contributed by atoms with Crippen molar-refractivity contribution in [1.82, 2.24) is 14.5 Å². The highest BCUT2D eigenvalue weighted by molar-refractivity contribution is 8.00. The highest BCUT2D eigenvalue weighted by atomic mass is 32.2. The summed E-state index contributed by atoms with van der Waals surface area (Å²) in [7, 11) is 0. The predicted molar refractivity (Wildman–Crippen MR) is 92.4 cm³/mol. The Labute approximate surface area is 140 Å². The molecule has 2 aromatic heterocycles. The van der Waals surface area contributed by atoms with Gasteiger partial charge >= 0.3 is 0 Å². The van der Waals surface area contributed by atoms with Crippen LogP contribution >= 0.6 is 11.8 Å². The summed E-state index contributed by atoms with van der Waals surface area (Å²) < 4.78 is 2.06. The van der Waals surface area contributed by atoms with Crippen molar-refractivity contribution in [3.05, 3.63) is 34.9 Å².